The van der Waals surface area contributed by atoms with Gasteiger partial charge in [0.2, 0.25) is 11.8 Å². The lowest BCUT2D eigenvalue weighted by atomic mass is 9.74. The number of nitrogens with one attached hydrogen (secondary N) is 1. The van der Waals surface area contributed by atoms with Crippen molar-refractivity contribution in [1.29, 1.82) is 5.26 Å². The van der Waals surface area contributed by atoms with Gasteiger partial charge in [0.15, 0.2) is 0 Å². The second-order valence-corrected chi connectivity index (χ2v) is 8.09. The van der Waals surface area contributed by atoms with E-state index in [-0.39, 0.29) is 11.8 Å². The molecule has 0 radical (unpaired) electrons. The van der Waals surface area contributed by atoms with Crippen molar-refractivity contribution in [3.63, 3.8) is 0 Å². The highest BCUT2D eigenvalue weighted by Crippen LogP contribution is 2.47. The van der Waals surface area contributed by atoms with Gasteiger partial charge in [-0.1, -0.05) is 29.8 Å². The van der Waals surface area contributed by atoms with Gasteiger partial charge in [-0.05, 0) is 44.2 Å². The van der Waals surface area contributed by atoms with Crippen molar-refractivity contribution < 1.29 is 4.74 Å². The fourth-order valence-corrected chi connectivity index (χ4v) is 4.70. The van der Waals surface area contributed by atoms with E-state index in [9.17, 15) is 5.26 Å². The first-order valence-electron chi connectivity index (χ1n) is 9.16. The van der Waals surface area contributed by atoms with E-state index in [4.69, 9.17) is 10.5 Å². The molecule has 0 spiro atoms. The van der Waals surface area contributed by atoms with Crippen LogP contribution in [-0.2, 0) is 5.75 Å². The standard InChI is InChI=1S/C21H22N4OS/c1-13-7-9-15(10-8-13)27-12-17-19-18(14-5-3-2-4-6-14)16(11-22)20(23)26-21(19)25-24-17/h2-3,7-10,14,18H,4-6,12,23H2,1H3,(H,24,25). The zero-order valence-corrected chi connectivity index (χ0v) is 16.1. The van der Waals surface area contributed by atoms with Crippen LogP contribution in [0.25, 0.3) is 0 Å². The number of hydrogen-bond donors (Lipinski definition) is 2. The van der Waals surface area contributed by atoms with Crippen molar-refractivity contribution >= 4 is 11.8 Å². The minimum Gasteiger partial charge on any atom is -0.420 e. The van der Waals surface area contributed by atoms with E-state index >= 15 is 0 Å². The molecular formula is C21H22N4OS. The van der Waals surface area contributed by atoms with Crippen molar-refractivity contribution in [2.75, 3.05) is 0 Å². The average molecular weight is 379 g/mol. The van der Waals surface area contributed by atoms with Crippen LogP contribution in [0.3, 0.4) is 0 Å². The number of H-pyrrole nitrogens is 1. The van der Waals surface area contributed by atoms with Crippen molar-refractivity contribution in [3.8, 4) is 11.9 Å². The Bertz CT molecular complexity index is 936. The number of hydrogen-bond acceptors (Lipinski definition) is 5. The van der Waals surface area contributed by atoms with Crippen LogP contribution in [0.1, 0.15) is 42.0 Å². The predicted octanol–water partition coefficient (Wildman–Crippen LogP) is 4.54. The molecule has 27 heavy (non-hydrogen) atoms. The van der Waals surface area contributed by atoms with E-state index in [2.05, 4.69) is 59.6 Å². The van der Waals surface area contributed by atoms with E-state index in [1.165, 1.54) is 10.5 Å². The minimum atomic E-state index is -0.0592. The first-order chi connectivity index (χ1) is 13.2. The molecule has 2 aliphatic rings. The predicted molar refractivity (Wildman–Crippen MR) is 106 cm³/mol. The zero-order valence-electron chi connectivity index (χ0n) is 15.2. The highest BCUT2D eigenvalue weighted by Gasteiger charge is 2.38. The number of ether oxygens (including phenoxy) is 1. The van der Waals surface area contributed by atoms with E-state index in [0.717, 1.165) is 36.3 Å². The van der Waals surface area contributed by atoms with Gasteiger partial charge >= 0.3 is 0 Å². The number of allylic oxidation sites excluding steroid dienone is 3. The third-order valence-electron chi connectivity index (χ3n) is 5.25. The molecule has 1 aromatic heterocycles. The lowest BCUT2D eigenvalue weighted by molar-refractivity contribution is 0.339. The fraction of sp³-hybridized carbons (Fsp3) is 0.333. The van der Waals surface area contributed by atoms with E-state index in [1.807, 2.05) is 0 Å². The Morgan fingerprint density at radius 1 is 1.33 bits per heavy atom. The molecule has 1 aliphatic heterocycles. The van der Waals surface area contributed by atoms with Crippen molar-refractivity contribution in [2.24, 2.45) is 11.7 Å². The van der Waals surface area contributed by atoms with Crippen LogP contribution < -0.4 is 10.5 Å². The molecule has 0 amide bonds. The molecule has 2 atom stereocenters. The minimum absolute atomic E-state index is 0.0592. The smallest absolute Gasteiger partial charge is 0.243 e. The second-order valence-electron chi connectivity index (χ2n) is 7.04. The molecule has 0 saturated heterocycles. The summed E-state index contributed by atoms with van der Waals surface area (Å²) in [5.41, 5.74) is 9.84. The van der Waals surface area contributed by atoms with Crippen LogP contribution in [0.15, 0.2) is 52.8 Å². The number of rotatable bonds is 4. The van der Waals surface area contributed by atoms with Crippen molar-refractivity contribution in [2.45, 2.75) is 42.8 Å². The first-order valence-corrected chi connectivity index (χ1v) is 10.1. The number of fused-ring (bicyclic) bond motifs is 1. The summed E-state index contributed by atoms with van der Waals surface area (Å²) in [7, 11) is 0. The largest absolute Gasteiger partial charge is 0.420 e. The van der Waals surface area contributed by atoms with Gasteiger partial charge in [-0.2, -0.15) is 5.26 Å². The van der Waals surface area contributed by atoms with Crippen molar-refractivity contribution in [1.82, 2.24) is 10.2 Å². The molecule has 0 bridgehead atoms. The van der Waals surface area contributed by atoms with Crippen molar-refractivity contribution in [3.05, 3.63) is 64.7 Å². The molecule has 2 unspecified atom stereocenters. The quantitative estimate of drug-likeness (QED) is 0.602. The van der Waals surface area contributed by atoms with Crippen LogP contribution in [0.4, 0.5) is 0 Å². The normalized spacial score (nSPS) is 21.5. The molecule has 6 heteroatoms. The summed E-state index contributed by atoms with van der Waals surface area (Å²) in [6, 6.07) is 10.8. The van der Waals surface area contributed by atoms with Crippen LogP contribution in [0.5, 0.6) is 5.88 Å². The Labute approximate surface area is 163 Å². The number of aryl methyl sites for hydroxylation is 1. The van der Waals surface area contributed by atoms with Gasteiger partial charge in [0.1, 0.15) is 6.07 Å². The zero-order chi connectivity index (χ0) is 18.8. The molecule has 2 aromatic rings. The molecule has 1 aliphatic carbocycles. The summed E-state index contributed by atoms with van der Waals surface area (Å²) < 4.78 is 5.67. The number of nitrogens with two attached hydrogens (primary N) is 1. The Morgan fingerprint density at radius 3 is 2.85 bits per heavy atom. The number of nitriles is 1. The summed E-state index contributed by atoms with van der Waals surface area (Å²) >= 11 is 1.75. The van der Waals surface area contributed by atoms with Gasteiger partial charge in [-0.3, -0.25) is 5.10 Å². The van der Waals surface area contributed by atoms with Crippen LogP contribution in [0.2, 0.25) is 0 Å². The third-order valence-corrected chi connectivity index (χ3v) is 6.29. The van der Waals surface area contributed by atoms with E-state index in [1.54, 1.807) is 11.8 Å². The topological polar surface area (TPSA) is 87.7 Å². The lowest BCUT2D eigenvalue weighted by Gasteiger charge is -2.31. The molecule has 5 nitrogen and oxygen atoms in total. The van der Waals surface area contributed by atoms with Gasteiger partial charge in [0, 0.05) is 22.1 Å². The van der Waals surface area contributed by atoms with Gasteiger partial charge in [-0.15, -0.1) is 16.9 Å². The van der Waals surface area contributed by atoms with Gasteiger partial charge < -0.3 is 10.5 Å². The fourth-order valence-electron chi connectivity index (χ4n) is 3.84. The first kappa shape index (κ1) is 17.7. The molecule has 1 aromatic carbocycles. The Kier molecular flexibility index (Phi) is 4.95. The summed E-state index contributed by atoms with van der Waals surface area (Å²) in [4.78, 5) is 1.20. The van der Waals surface area contributed by atoms with Gasteiger partial charge in [0.25, 0.3) is 0 Å². The summed E-state index contributed by atoms with van der Waals surface area (Å²) in [5.74, 6) is 1.73. The molecule has 3 N–H and O–H groups in total. The van der Waals surface area contributed by atoms with E-state index < -0.39 is 0 Å². The SMILES string of the molecule is Cc1ccc(SCc2[nH]nc3c2C(C2CC=CCC2)C(C#N)=C(N)O3)cc1. The number of nitrogens with zero attached hydrogens (tertiary/aromatic N) is 2. The maximum atomic E-state index is 9.73. The Morgan fingerprint density at radius 2 is 2.15 bits per heavy atom. The maximum Gasteiger partial charge on any atom is 0.243 e. The maximum absolute atomic E-state index is 9.73. The van der Waals surface area contributed by atoms with Crippen LogP contribution in [0, 0.1) is 24.2 Å². The summed E-state index contributed by atoms with van der Waals surface area (Å²) in [6.07, 6.45) is 7.42. The van der Waals surface area contributed by atoms with Gasteiger partial charge in [-0.25, -0.2) is 0 Å². The number of aromatic amines is 1. The molecule has 4 rings (SSSR count). The van der Waals surface area contributed by atoms with Crippen LogP contribution in [-0.4, -0.2) is 10.2 Å². The van der Waals surface area contributed by atoms with Crippen LogP contribution >= 0.6 is 11.8 Å². The number of thioether (sulfide) groups is 1. The highest BCUT2D eigenvalue weighted by molar-refractivity contribution is 7.98. The number of benzene rings is 1. The molecule has 0 fully saturated rings. The monoisotopic (exact) mass is 378 g/mol. The lowest BCUT2D eigenvalue weighted by Crippen LogP contribution is -2.26. The number of aromatic nitrogens is 2. The molecular weight excluding hydrogens is 356 g/mol. The van der Waals surface area contributed by atoms with Gasteiger partial charge in [0.05, 0.1) is 11.3 Å². The molecule has 138 valence electrons. The van der Waals surface area contributed by atoms with E-state index in [0.29, 0.717) is 17.4 Å². The molecule has 2 heterocycles. The Balaban J connectivity index is 1.65. The average Bonchev–Trinajstić information content (AvgIpc) is 3.09. The highest BCUT2D eigenvalue weighted by atomic mass is 32.2. The third kappa shape index (κ3) is 3.47. The summed E-state index contributed by atoms with van der Waals surface area (Å²) in [6.45, 7) is 2.08. The summed E-state index contributed by atoms with van der Waals surface area (Å²) in [5, 5.41) is 17.2. The Hall–Kier alpha value is -2.65. The molecule has 0 saturated carbocycles. The second kappa shape index (κ2) is 7.53.